The molecule has 0 aromatic carbocycles. The number of ether oxygens (including phenoxy) is 1. The minimum atomic E-state index is 0.409. The van der Waals surface area contributed by atoms with Gasteiger partial charge in [0.15, 0.2) is 5.96 Å². The summed E-state index contributed by atoms with van der Waals surface area (Å²) in [7, 11) is 1.86. The molecule has 122 valence electrons. The highest BCUT2D eigenvalue weighted by atomic mass is 16.5. The van der Waals surface area contributed by atoms with Crippen molar-refractivity contribution in [2.45, 2.75) is 89.4 Å². The van der Waals surface area contributed by atoms with Crippen LogP contribution in [-0.2, 0) is 4.74 Å². The van der Waals surface area contributed by atoms with Crippen molar-refractivity contribution in [3.63, 3.8) is 0 Å². The van der Waals surface area contributed by atoms with Crippen LogP contribution >= 0.6 is 0 Å². The molecule has 2 saturated heterocycles. The summed E-state index contributed by atoms with van der Waals surface area (Å²) in [4.78, 5) is 4.33. The molecule has 2 rings (SSSR count). The molecule has 4 heteroatoms. The van der Waals surface area contributed by atoms with Gasteiger partial charge in [0.1, 0.15) is 0 Å². The third-order valence-electron chi connectivity index (χ3n) is 4.72. The van der Waals surface area contributed by atoms with E-state index in [0.29, 0.717) is 18.2 Å². The molecule has 3 unspecified atom stereocenters. The Kier molecular flexibility index (Phi) is 7.34. The quantitative estimate of drug-likeness (QED) is 0.390. The van der Waals surface area contributed by atoms with Crippen molar-refractivity contribution < 1.29 is 4.74 Å². The molecular weight excluding hydrogens is 262 g/mol. The normalized spacial score (nSPS) is 28.1. The molecule has 0 aliphatic carbocycles. The van der Waals surface area contributed by atoms with Gasteiger partial charge in [0, 0.05) is 13.6 Å². The van der Waals surface area contributed by atoms with Gasteiger partial charge in [-0.15, -0.1) is 0 Å². The van der Waals surface area contributed by atoms with E-state index < -0.39 is 0 Å². The molecule has 2 bridgehead atoms. The average Bonchev–Trinajstić information content (AvgIpc) is 3.11. The van der Waals surface area contributed by atoms with Crippen molar-refractivity contribution in [2.24, 2.45) is 4.99 Å². The summed E-state index contributed by atoms with van der Waals surface area (Å²) >= 11 is 0. The van der Waals surface area contributed by atoms with Crippen LogP contribution < -0.4 is 10.6 Å². The molecule has 0 spiro atoms. The Labute approximate surface area is 130 Å². The molecule has 21 heavy (non-hydrogen) atoms. The van der Waals surface area contributed by atoms with Gasteiger partial charge in [-0.05, 0) is 25.7 Å². The van der Waals surface area contributed by atoms with E-state index in [-0.39, 0.29) is 0 Å². The monoisotopic (exact) mass is 295 g/mol. The van der Waals surface area contributed by atoms with Crippen molar-refractivity contribution in [3.05, 3.63) is 0 Å². The van der Waals surface area contributed by atoms with Gasteiger partial charge in [-0.1, -0.05) is 45.4 Å². The lowest BCUT2D eigenvalue weighted by molar-refractivity contribution is 0.0992. The predicted octanol–water partition coefficient (Wildman–Crippen LogP) is 3.22. The van der Waals surface area contributed by atoms with Crippen molar-refractivity contribution in [1.82, 2.24) is 10.6 Å². The minimum absolute atomic E-state index is 0.409. The summed E-state index contributed by atoms with van der Waals surface area (Å²) in [5.74, 6) is 0.946. The maximum atomic E-state index is 5.87. The Morgan fingerprint density at radius 2 is 1.86 bits per heavy atom. The second-order valence-corrected chi connectivity index (χ2v) is 6.48. The molecule has 2 fully saturated rings. The standard InChI is InChI=1S/C17H33N3O/c1-3-4-5-6-7-8-9-12-19-17(18-2)20-15-13-14-10-11-16(15)21-14/h14-16H,3-13H2,1-2H3,(H2,18,19,20). The van der Waals surface area contributed by atoms with E-state index in [1.54, 1.807) is 0 Å². The number of hydrogen-bond acceptors (Lipinski definition) is 2. The molecule has 2 aliphatic rings. The van der Waals surface area contributed by atoms with E-state index >= 15 is 0 Å². The molecule has 0 amide bonds. The highest BCUT2D eigenvalue weighted by molar-refractivity contribution is 5.80. The van der Waals surface area contributed by atoms with Gasteiger partial charge in [0.25, 0.3) is 0 Å². The van der Waals surface area contributed by atoms with Gasteiger partial charge in [-0.3, -0.25) is 4.99 Å². The Hall–Kier alpha value is -0.770. The second kappa shape index (κ2) is 9.29. The third kappa shape index (κ3) is 5.50. The molecule has 0 radical (unpaired) electrons. The molecule has 0 saturated carbocycles. The number of unbranched alkanes of at least 4 members (excludes halogenated alkanes) is 6. The molecule has 3 atom stereocenters. The molecule has 2 aliphatic heterocycles. The largest absolute Gasteiger partial charge is 0.373 e. The fourth-order valence-corrected chi connectivity index (χ4v) is 3.45. The topological polar surface area (TPSA) is 45.7 Å². The van der Waals surface area contributed by atoms with Crippen molar-refractivity contribution in [1.29, 1.82) is 0 Å². The first kappa shape index (κ1) is 16.6. The number of rotatable bonds is 9. The van der Waals surface area contributed by atoms with Crippen LogP contribution in [0.25, 0.3) is 0 Å². The molecular formula is C17H33N3O. The maximum absolute atomic E-state index is 5.87. The number of nitrogens with one attached hydrogen (secondary N) is 2. The van der Waals surface area contributed by atoms with Gasteiger partial charge in [0.05, 0.1) is 18.2 Å². The highest BCUT2D eigenvalue weighted by Gasteiger charge is 2.40. The van der Waals surface area contributed by atoms with E-state index in [1.807, 2.05) is 7.05 Å². The average molecular weight is 295 g/mol. The van der Waals surface area contributed by atoms with E-state index in [4.69, 9.17) is 4.74 Å². The number of hydrogen-bond donors (Lipinski definition) is 2. The van der Waals surface area contributed by atoms with Crippen molar-refractivity contribution >= 4 is 5.96 Å². The summed E-state index contributed by atoms with van der Waals surface area (Å²) in [6.45, 7) is 3.29. The summed E-state index contributed by atoms with van der Waals surface area (Å²) in [5.41, 5.74) is 0. The van der Waals surface area contributed by atoms with Crippen LogP contribution in [0.4, 0.5) is 0 Å². The van der Waals surface area contributed by atoms with Crippen LogP contribution in [0.2, 0.25) is 0 Å². The van der Waals surface area contributed by atoms with Crippen LogP contribution in [0.1, 0.15) is 71.1 Å². The zero-order valence-electron chi connectivity index (χ0n) is 13.9. The van der Waals surface area contributed by atoms with E-state index in [2.05, 4.69) is 22.5 Å². The second-order valence-electron chi connectivity index (χ2n) is 6.48. The lowest BCUT2D eigenvalue weighted by atomic mass is 9.96. The SMILES string of the molecule is CCCCCCCCCNC(=NC)NC1CC2CCC1O2. The minimum Gasteiger partial charge on any atom is -0.373 e. The van der Waals surface area contributed by atoms with Crippen molar-refractivity contribution in [2.75, 3.05) is 13.6 Å². The summed E-state index contributed by atoms with van der Waals surface area (Å²) in [5, 5.41) is 6.97. The van der Waals surface area contributed by atoms with Gasteiger partial charge < -0.3 is 15.4 Å². The Morgan fingerprint density at radius 1 is 1.10 bits per heavy atom. The van der Waals surface area contributed by atoms with Crippen molar-refractivity contribution in [3.8, 4) is 0 Å². The van der Waals surface area contributed by atoms with Crippen LogP contribution in [0.5, 0.6) is 0 Å². The van der Waals surface area contributed by atoms with Crippen LogP contribution in [0, 0.1) is 0 Å². The number of fused-ring (bicyclic) bond motifs is 2. The first-order valence-electron chi connectivity index (χ1n) is 8.96. The first-order valence-corrected chi connectivity index (χ1v) is 8.96. The zero-order valence-corrected chi connectivity index (χ0v) is 13.9. The fraction of sp³-hybridized carbons (Fsp3) is 0.941. The Bertz CT molecular complexity index is 319. The van der Waals surface area contributed by atoms with Crippen LogP contribution in [0.3, 0.4) is 0 Å². The highest BCUT2D eigenvalue weighted by Crippen LogP contribution is 2.34. The molecule has 4 nitrogen and oxygen atoms in total. The van der Waals surface area contributed by atoms with Crippen LogP contribution in [-0.4, -0.2) is 37.8 Å². The smallest absolute Gasteiger partial charge is 0.191 e. The molecule has 0 aromatic rings. The Balaban J connectivity index is 1.50. The van der Waals surface area contributed by atoms with Gasteiger partial charge >= 0.3 is 0 Å². The number of nitrogens with zero attached hydrogens (tertiary/aromatic N) is 1. The van der Waals surface area contributed by atoms with Gasteiger partial charge in [-0.25, -0.2) is 0 Å². The number of aliphatic imine (C=N–C) groups is 1. The molecule has 0 aromatic heterocycles. The maximum Gasteiger partial charge on any atom is 0.191 e. The first-order chi connectivity index (χ1) is 10.3. The lowest BCUT2D eigenvalue weighted by Gasteiger charge is -2.22. The number of guanidine groups is 1. The summed E-state index contributed by atoms with van der Waals surface area (Å²) in [6, 6.07) is 0.462. The van der Waals surface area contributed by atoms with E-state index in [1.165, 1.54) is 57.8 Å². The van der Waals surface area contributed by atoms with Gasteiger partial charge in [-0.2, -0.15) is 0 Å². The van der Waals surface area contributed by atoms with E-state index in [0.717, 1.165) is 18.9 Å². The predicted molar refractivity (Wildman–Crippen MR) is 88.8 cm³/mol. The summed E-state index contributed by atoms with van der Waals surface area (Å²) in [6.07, 6.45) is 13.9. The van der Waals surface area contributed by atoms with Crippen LogP contribution in [0.15, 0.2) is 4.99 Å². The van der Waals surface area contributed by atoms with E-state index in [9.17, 15) is 0 Å². The zero-order chi connectivity index (χ0) is 14.9. The fourth-order valence-electron chi connectivity index (χ4n) is 3.45. The molecule has 2 N–H and O–H groups in total. The molecule has 2 heterocycles. The third-order valence-corrected chi connectivity index (χ3v) is 4.72. The lowest BCUT2D eigenvalue weighted by Crippen LogP contribution is -2.47. The Morgan fingerprint density at radius 3 is 2.48 bits per heavy atom. The summed E-state index contributed by atoms with van der Waals surface area (Å²) < 4.78 is 5.87. The van der Waals surface area contributed by atoms with Gasteiger partial charge in [0.2, 0.25) is 0 Å².